The lowest BCUT2D eigenvalue weighted by molar-refractivity contribution is -0.117. The first-order valence-corrected chi connectivity index (χ1v) is 9.95. The van der Waals surface area contributed by atoms with Crippen molar-refractivity contribution in [3.8, 4) is 0 Å². The maximum atomic E-state index is 11.9. The fourth-order valence-corrected chi connectivity index (χ4v) is 4.19. The SMILES string of the molecule is Cc1ccc(C2(O)CCN(Cc3ccc(N4CCCC4=O)cc3)CC2)cc1. The molecule has 0 spiro atoms. The van der Waals surface area contributed by atoms with Crippen LogP contribution in [0.2, 0.25) is 0 Å². The van der Waals surface area contributed by atoms with Crippen molar-refractivity contribution < 1.29 is 9.90 Å². The molecule has 2 aromatic rings. The van der Waals surface area contributed by atoms with Crippen molar-refractivity contribution in [1.29, 1.82) is 0 Å². The van der Waals surface area contributed by atoms with Crippen LogP contribution in [0.15, 0.2) is 48.5 Å². The standard InChI is InChI=1S/C23H28N2O2/c1-18-4-8-20(9-5-18)23(27)12-15-24(16-13-23)17-19-6-10-21(11-7-19)25-14-2-3-22(25)26/h4-11,27H,2-3,12-17H2,1H3. The predicted molar refractivity (Wildman–Crippen MR) is 108 cm³/mol. The number of amides is 1. The number of likely N-dealkylation sites (tertiary alicyclic amines) is 1. The highest BCUT2D eigenvalue weighted by Gasteiger charge is 2.33. The summed E-state index contributed by atoms with van der Waals surface area (Å²) in [6.07, 6.45) is 3.14. The van der Waals surface area contributed by atoms with Crippen LogP contribution in [0.1, 0.15) is 42.4 Å². The summed E-state index contributed by atoms with van der Waals surface area (Å²) in [5.74, 6) is 0.231. The number of aryl methyl sites for hydroxylation is 1. The summed E-state index contributed by atoms with van der Waals surface area (Å²) in [6.45, 7) is 5.56. The maximum Gasteiger partial charge on any atom is 0.227 e. The average molecular weight is 364 g/mol. The van der Waals surface area contributed by atoms with Crippen LogP contribution in [0.4, 0.5) is 5.69 Å². The quantitative estimate of drug-likeness (QED) is 0.901. The van der Waals surface area contributed by atoms with E-state index in [0.29, 0.717) is 6.42 Å². The van der Waals surface area contributed by atoms with Gasteiger partial charge in [0, 0.05) is 38.3 Å². The molecule has 142 valence electrons. The molecule has 2 fully saturated rings. The fourth-order valence-electron chi connectivity index (χ4n) is 4.19. The van der Waals surface area contributed by atoms with Crippen LogP contribution in [0.5, 0.6) is 0 Å². The van der Waals surface area contributed by atoms with Crippen LogP contribution in [0.25, 0.3) is 0 Å². The van der Waals surface area contributed by atoms with E-state index in [1.54, 1.807) is 0 Å². The lowest BCUT2D eigenvalue weighted by Crippen LogP contribution is -2.42. The summed E-state index contributed by atoms with van der Waals surface area (Å²) in [5, 5.41) is 11.0. The van der Waals surface area contributed by atoms with Crippen LogP contribution < -0.4 is 4.90 Å². The van der Waals surface area contributed by atoms with E-state index < -0.39 is 5.60 Å². The summed E-state index contributed by atoms with van der Waals surface area (Å²) in [7, 11) is 0. The molecule has 27 heavy (non-hydrogen) atoms. The van der Waals surface area contributed by atoms with Crippen molar-refractivity contribution in [2.24, 2.45) is 0 Å². The molecule has 2 heterocycles. The van der Waals surface area contributed by atoms with E-state index in [4.69, 9.17) is 0 Å². The van der Waals surface area contributed by atoms with Gasteiger partial charge in [-0.3, -0.25) is 9.69 Å². The van der Waals surface area contributed by atoms with Crippen molar-refractivity contribution in [1.82, 2.24) is 4.90 Å². The number of carbonyl (C=O) groups excluding carboxylic acids is 1. The minimum Gasteiger partial charge on any atom is -0.385 e. The zero-order chi connectivity index (χ0) is 18.9. The van der Waals surface area contributed by atoms with Gasteiger partial charge in [-0.25, -0.2) is 0 Å². The van der Waals surface area contributed by atoms with Gasteiger partial charge in [0.2, 0.25) is 5.91 Å². The Kier molecular flexibility index (Phi) is 5.02. The van der Waals surface area contributed by atoms with Crippen molar-refractivity contribution in [2.75, 3.05) is 24.5 Å². The smallest absolute Gasteiger partial charge is 0.227 e. The van der Waals surface area contributed by atoms with Crippen molar-refractivity contribution >= 4 is 11.6 Å². The predicted octanol–water partition coefficient (Wildman–Crippen LogP) is 3.61. The molecule has 1 amide bonds. The molecule has 0 aromatic heterocycles. The third-order valence-corrected chi connectivity index (χ3v) is 6.00. The molecular weight excluding hydrogens is 336 g/mol. The zero-order valence-corrected chi connectivity index (χ0v) is 16.0. The van der Waals surface area contributed by atoms with Crippen molar-refractivity contribution in [3.63, 3.8) is 0 Å². The fraction of sp³-hybridized carbons (Fsp3) is 0.435. The number of benzene rings is 2. The second-order valence-electron chi connectivity index (χ2n) is 7.99. The first-order valence-electron chi connectivity index (χ1n) is 9.95. The van der Waals surface area contributed by atoms with Crippen LogP contribution >= 0.6 is 0 Å². The number of aliphatic hydroxyl groups is 1. The van der Waals surface area contributed by atoms with Crippen LogP contribution in [0.3, 0.4) is 0 Å². The number of piperidine rings is 1. The molecule has 4 nitrogen and oxygen atoms in total. The molecule has 0 saturated carbocycles. The molecule has 1 N–H and O–H groups in total. The molecular formula is C23H28N2O2. The Labute approximate surface area is 161 Å². The molecule has 0 atom stereocenters. The molecule has 2 saturated heterocycles. The van der Waals surface area contributed by atoms with E-state index in [9.17, 15) is 9.90 Å². The number of carbonyl (C=O) groups is 1. The second-order valence-corrected chi connectivity index (χ2v) is 7.99. The van der Waals surface area contributed by atoms with E-state index in [1.807, 2.05) is 4.90 Å². The summed E-state index contributed by atoms with van der Waals surface area (Å²) >= 11 is 0. The third kappa shape index (κ3) is 3.92. The minimum absolute atomic E-state index is 0.231. The van der Waals surface area contributed by atoms with Crippen LogP contribution in [-0.4, -0.2) is 35.5 Å². The summed E-state index contributed by atoms with van der Waals surface area (Å²) in [4.78, 5) is 16.1. The topological polar surface area (TPSA) is 43.8 Å². The molecule has 0 aliphatic carbocycles. The summed E-state index contributed by atoms with van der Waals surface area (Å²) < 4.78 is 0. The molecule has 2 aromatic carbocycles. The number of rotatable bonds is 4. The van der Waals surface area contributed by atoms with Gasteiger partial charge in [0.25, 0.3) is 0 Å². The molecule has 2 aliphatic rings. The summed E-state index contributed by atoms with van der Waals surface area (Å²) in [5.41, 5.74) is 3.82. The van der Waals surface area contributed by atoms with E-state index >= 15 is 0 Å². The van der Waals surface area contributed by atoms with E-state index in [-0.39, 0.29) is 5.91 Å². The Bertz CT molecular complexity index is 790. The highest BCUT2D eigenvalue weighted by atomic mass is 16.3. The molecule has 4 rings (SSSR count). The molecule has 0 unspecified atom stereocenters. The Morgan fingerprint density at radius 2 is 1.63 bits per heavy atom. The Balaban J connectivity index is 1.35. The third-order valence-electron chi connectivity index (χ3n) is 6.00. The first-order chi connectivity index (χ1) is 13.0. The van der Waals surface area contributed by atoms with Gasteiger partial charge in [0.1, 0.15) is 0 Å². The van der Waals surface area contributed by atoms with E-state index in [0.717, 1.165) is 56.7 Å². The minimum atomic E-state index is -0.704. The van der Waals surface area contributed by atoms with Gasteiger partial charge in [-0.2, -0.15) is 0 Å². The Hall–Kier alpha value is -2.17. The first kappa shape index (κ1) is 18.2. The molecule has 0 radical (unpaired) electrons. The molecule has 4 heteroatoms. The van der Waals surface area contributed by atoms with Gasteiger partial charge in [-0.05, 0) is 49.4 Å². The van der Waals surface area contributed by atoms with Gasteiger partial charge in [-0.1, -0.05) is 42.0 Å². The number of nitrogens with zero attached hydrogens (tertiary/aromatic N) is 2. The normalized spacial score (nSPS) is 20.2. The number of hydrogen-bond acceptors (Lipinski definition) is 3. The Morgan fingerprint density at radius 3 is 2.22 bits per heavy atom. The second kappa shape index (κ2) is 7.45. The van der Waals surface area contributed by atoms with Crippen LogP contribution in [-0.2, 0) is 16.9 Å². The maximum absolute atomic E-state index is 11.9. The van der Waals surface area contributed by atoms with Gasteiger partial charge in [0.15, 0.2) is 0 Å². The van der Waals surface area contributed by atoms with Gasteiger partial charge >= 0.3 is 0 Å². The zero-order valence-electron chi connectivity index (χ0n) is 16.0. The van der Waals surface area contributed by atoms with Crippen molar-refractivity contribution in [3.05, 3.63) is 65.2 Å². The van der Waals surface area contributed by atoms with Gasteiger partial charge < -0.3 is 10.0 Å². The lowest BCUT2D eigenvalue weighted by atomic mass is 9.84. The van der Waals surface area contributed by atoms with Gasteiger partial charge in [-0.15, -0.1) is 0 Å². The highest BCUT2D eigenvalue weighted by molar-refractivity contribution is 5.95. The average Bonchev–Trinajstić information content (AvgIpc) is 3.11. The monoisotopic (exact) mass is 364 g/mol. The lowest BCUT2D eigenvalue weighted by Gasteiger charge is -2.38. The van der Waals surface area contributed by atoms with E-state index in [2.05, 4.69) is 60.4 Å². The Morgan fingerprint density at radius 1 is 0.963 bits per heavy atom. The molecule has 0 bridgehead atoms. The number of hydrogen-bond donors (Lipinski definition) is 1. The largest absolute Gasteiger partial charge is 0.385 e. The van der Waals surface area contributed by atoms with Crippen molar-refractivity contribution in [2.45, 2.75) is 44.8 Å². The highest BCUT2D eigenvalue weighted by Crippen LogP contribution is 2.33. The number of anilines is 1. The van der Waals surface area contributed by atoms with E-state index in [1.165, 1.54) is 11.1 Å². The van der Waals surface area contributed by atoms with Gasteiger partial charge in [0.05, 0.1) is 5.60 Å². The molecule has 2 aliphatic heterocycles. The van der Waals surface area contributed by atoms with Crippen LogP contribution in [0, 0.1) is 6.92 Å². The summed E-state index contributed by atoms with van der Waals surface area (Å²) in [6, 6.07) is 16.6.